The van der Waals surface area contributed by atoms with Gasteiger partial charge in [-0.25, -0.2) is 9.36 Å². The SMILES string of the molecule is CC(C)(C)OC(=O)n1ccc(Br)cc1=O. The molecule has 0 aromatic carbocycles. The van der Waals surface area contributed by atoms with E-state index >= 15 is 0 Å². The Balaban J connectivity index is 2.98. The first-order valence-corrected chi connectivity index (χ1v) is 5.20. The van der Waals surface area contributed by atoms with Gasteiger partial charge in [0, 0.05) is 16.7 Å². The highest BCUT2D eigenvalue weighted by atomic mass is 79.9. The Labute approximate surface area is 96.0 Å². The zero-order chi connectivity index (χ0) is 11.6. The van der Waals surface area contributed by atoms with Crippen molar-refractivity contribution in [1.29, 1.82) is 0 Å². The second kappa shape index (κ2) is 4.18. The van der Waals surface area contributed by atoms with Crippen LogP contribution in [0.4, 0.5) is 4.79 Å². The van der Waals surface area contributed by atoms with Crippen LogP contribution < -0.4 is 5.56 Å². The number of ether oxygens (including phenoxy) is 1. The van der Waals surface area contributed by atoms with E-state index in [-0.39, 0.29) is 0 Å². The molecule has 0 aliphatic heterocycles. The molecule has 4 nitrogen and oxygen atoms in total. The molecule has 1 aromatic rings. The van der Waals surface area contributed by atoms with Crippen LogP contribution in [-0.2, 0) is 4.74 Å². The molecule has 0 aliphatic rings. The summed E-state index contributed by atoms with van der Waals surface area (Å²) in [6.45, 7) is 5.23. The zero-order valence-corrected chi connectivity index (χ0v) is 10.4. The van der Waals surface area contributed by atoms with Crippen molar-refractivity contribution in [3.8, 4) is 0 Å². The number of hydrogen-bond donors (Lipinski definition) is 0. The number of aromatic nitrogens is 1. The summed E-state index contributed by atoms with van der Waals surface area (Å²) in [6, 6.07) is 2.91. The molecule has 0 saturated carbocycles. The predicted octanol–water partition coefficient (Wildman–Crippen LogP) is 2.39. The normalized spacial score (nSPS) is 11.2. The van der Waals surface area contributed by atoms with E-state index in [1.807, 2.05) is 0 Å². The van der Waals surface area contributed by atoms with Gasteiger partial charge in [-0.1, -0.05) is 15.9 Å². The first-order chi connectivity index (χ1) is 6.79. The lowest BCUT2D eigenvalue weighted by molar-refractivity contribution is 0.0530. The summed E-state index contributed by atoms with van der Waals surface area (Å²) in [7, 11) is 0. The Bertz CT molecular complexity index is 431. The van der Waals surface area contributed by atoms with Crippen molar-refractivity contribution in [2.45, 2.75) is 26.4 Å². The van der Waals surface area contributed by atoms with Crippen molar-refractivity contribution in [3.05, 3.63) is 33.2 Å². The van der Waals surface area contributed by atoms with Gasteiger partial charge in [-0.05, 0) is 26.8 Å². The first kappa shape index (κ1) is 12.0. The largest absolute Gasteiger partial charge is 0.443 e. The van der Waals surface area contributed by atoms with E-state index in [1.54, 1.807) is 26.8 Å². The molecule has 0 atom stereocenters. The summed E-state index contributed by atoms with van der Waals surface area (Å²) in [5, 5.41) is 0. The Morgan fingerprint density at radius 3 is 2.53 bits per heavy atom. The van der Waals surface area contributed by atoms with Gasteiger partial charge in [0.1, 0.15) is 5.60 Å². The standard InChI is InChI=1S/C10H12BrNO3/c1-10(2,3)15-9(14)12-5-4-7(11)6-8(12)13/h4-6H,1-3H3. The first-order valence-electron chi connectivity index (χ1n) is 4.41. The quantitative estimate of drug-likeness (QED) is 0.729. The molecule has 1 aromatic heterocycles. The molecule has 0 bridgehead atoms. The summed E-state index contributed by atoms with van der Waals surface area (Å²) in [5.41, 5.74) is -1.03. The van der Waals surface area contributed by atoms with Crippen LogP contribution in [0.5, 0.6) is 0 Å². The van der Waals surface area contributed by atoms with Crippen LogP contribution in [0.1, 0.15) is 20.8 Å². The number of halogens is 1. The van der Waals surface area contributed by atoms with Crippen LogP contribution in [0.2, 0.25) is 0 Å². The second-order valence-electron chi connectivity index (χ2n) is 4.03. The summed E-state index contributed by atoms with van der Waals surface area (Å²) >= 11 is 3.14. The third kappa shape index (κ3) is 3.51. The average molecular weight is 274 g/mol. The predicted molar refractivity (Wildman–Crippen MR) is 60.0 cm³/mol. The Morgan fingerprint density at radius 2 is 2.07 bits per heavy atom. The maximum absolute atomic E-state index is 11.5. The monoisotopic (exact) mass is 273 g/mol. The van der Waals surface area contributed by atoms with Crippen molar-refractivity contribution >= 4 is 22.0 Å². The molecule has 5 heteroatoms. The summed E-state index contributed by atoms with van der Waals surface area (Å²) < 4.78 is 6.61. The molecule has 0 N–H and O–H groups in total. The third-order valence-electron chi connectivity index (χ3n) is 1.47. The number of nitrogens with zero attached hydrogens (tertiary/aromatic N) is 1. The Kier molecular flexibility index (Phi) is 3.34. The third-order valence-corrected chi connectivity index (χ3v) is 1.97. The molecule has 0 fully saturated rings. The lowest BCUT2D eigenvalue weighted by Gasteiger charge is -2.19. The van der Waals surface area contributed by atoms with Crippen LogP contribution in [-0.4, -0.2) is 16.3 Å². The van der Waals surface area contributed by atoms with E-state index in [0.717, 1.165) is 4.57 Å². The van der Waals surface area contributed by atoms with E-state index in [4.69, 9.17) is 4.74 Å². The van der Waals surface area contributed by atoms with Gasteiger partial charge in [0.05, 0.1) is 0 Å². The van der Waals surface area contributed by atoms with Gasteiger partial charge < -0.3 is 4.74 Å². The minimum Gasteiger partial charge on any atom is -0.443 e. The van der Waals surface area contributed by atoms with Gasteiger partial charge in [0.25, 0.3) is 5.56 Å². The maximum Gasteiger partial charge on any atom is 0.421 e. The fourth-order valence-electron chi connectivity index (χ4n) is 0.917. The fourth-order valence-corrected chi connectivity index (χ4v) is 1.23. The fraction of sp³-hybridized carbons (Fsp3) is 0.400. The molecule has 0 aliphatic carbocycles. The molecule has 0 spiro atoms. The molecular formula is C10H12BrNO3. The lowest BCUT2D eigenvalue weighted by atomic mass is 10.2. The number of rotatable bonds is 0. The van der Waals surface area contributed by atoms with Crippen molar-refractivity contribution < 1.29 is 9.53 Å². The van der Waals surface area contributed by atoms with Gasteiger partial charge in [-0.2, -0.15) is 0 Å². The summed E-state index contributed by atoms with van der Waals surface area (Å²) in [5.74, 6) is 0. The molecule has 0 saturated heterocycles. The average Bonchev–Trinajstić information content (AvgIpc) is 1.99. The van der Waals surface area contributed by atoms with E-state index in [2.05, 4.69) is 15.9 Å². The molecule has 15 heavy (non-hydrogen) atoms. The van der Waals surface area contributed by atoms with Gasteiger partial charge in [0.15, 0.2) is 0 Å². The highest BCUT2D eigenvalue weighted by Crippen LogP contribution is 2.09. The highest BCUT2D eigenvalue weighted by molar-refractivity contribution is 9.10. The number of carbonyl (C=O) groups excluding carboxylic acids is 1. The number of carbonyl (C=O) groups is 1. The van der Waals surface area contributed by atoms with Crippen molar-refractivity contribution in [3.63, 3.8) is 0 Å². The Hall–Kier alpha value is -1.10. The maximum atomic E-state index is 11.5. The van der Waals surface area contributed by atoms with Crippen molar-refractivity contribution in [2.75, 3.05) is 0 Å². The second-order valence-corrected chi connectivity index (χ2v) is 4.95. The van der Waals surface area contributed by atoms with Crippen LogP contribution in [0, 0.1) is 0 Å². The lowest BCUT2D eigenvalue weighted by Crippen LogP contribution is -2.32. The van der Waals surface area contributed by atoms with Gasteiger partial charge in [-0.15, -0.1) is 0 Å². The zero-order valence-electron chi connectivity index (χ0n) is 8.78. The van der Waals surface area contributed by atoms with Gasteiger partial charge in [-0.3, -0.25) is 4.79 Å². The number of pyridine rings is 1. The minimum absolute atomic E-state index is 0.418. The number of hydrogen-bond acceptors (Lipinski definition) is 3. The van der Waals surface area contributed by atoms with E-state index in [9.17, 15) is 9.59 Å². The van der Waals surface area contributed by atoms with Crippen molar-refractivity contribution in [1.82, 2.24) is 4.57 Å². The molecule has 1 rings (SSSR count). The van der Waals surface area contributed by atoms with Crippen LogP contribution in [0.15, 0.2) is 27.6 Å². The molecule has 0 radical (unpaired) electrons. The van der Waals surface area contributed by atoms with E-state index in [0.29, 0.717) is 4.47 Å². The van der Waals surface area contributed by atoms with Crippen molar-refractivity contribution in [2.24, 2.45) is 0 Å². The van der Waals surface area contributed by atoms with Gasteiger partial charge >= 0.3 is 6.09 Å². The van der Waals surface area contributed by atoms with E-state index < -0.39 is 17.3 Å². The summed E-state index contributed by atoms with van der Waals surface area (Å²) in [4.78, 5) is 22.9. The molecule has 0 amide bonds. The Morgan fingerprint density at radius 1 is 1.47 bits per heavy atom. The van der Waals surface area contributed by atoms with Crippen LogP contribution in [0.3, 0.4) is 0 Å². The smallest absolute Gasteiger partial charge is 0.421 e. The molecule has 0 unspecified atom stereocenters. The van der Waals surface area contributed by atoms with Crippen LogP contribution in [0.25, 0.3) is 0 Å². The minimum atomic E-state index is -0.667. The van der Waals surface area contributed by atoms with E-state index in [1.165, 1.54) is 12.3 Å². The molecule has 82 valence electrons. The van der Waals surface area contributed by atoms with Gasteiger partial charge in [0.2, 0.25) is 0 Å². The van der Waals surface area contributed by atoms with Crippen LogP contribution >= 0.6 is 15.9 Å². The molecule has 1 heterocycles. The summed E-state index contributed by atoms with van der Waals surface area (Å²) in [6.07, 6.45) is 0.709. The highest BCUT2D eigenvalue weighted by Gasteiger charge is 2.18. The topological polar surface area (TPSA) is 48.3 Å². The molecular weight excluding hydrogens is 262 g/mol.